The second kappa shape index (κ2) is 8.73. The minimum Gasteiger partial charge on any atom is -0.352 e. The van der Waals surface area contributed by atoms with Gasteiger partial charge < -0.3 is 16.0 Å². The van der Waals surface area contributed by atoms with E-state index in [4.69, 9.17) is 0 Å². The van der Waals surface area contributed by atoms with Crippen LogP contribution in [0, 0.1) is 17.6 Å². The van der Waals surface area contributed by atoms with E-state index in [1.807, 2.05) is 0 Å². The molecule has 1 aromatic carbocycles. The van der Waals surface area contributed by atoms with E-state index in [0.29, 0.717) is 18.4 Å². The van der Waals surface area contributed by atoms with Crippen molar-refractivity contribution in [2.75, 3.05) is 19.6 Å². The van der Waals surface area contributed by atoms with Crippen LogP contribution in [0.3, 0.4) is 0 Å². The lowest BCUT2D eigenvalue weighted by Crippen LogP contribution is -2.50. The van der Waals surface area contributed by atoms with Gasteiger partial charge in [-0.2, -0.15) is 0 Å². The molecule has 0 aromatic heterocycles. The van der Waals surface area contributed by atoms with E-state index in [9.17, 15) is 18.4 Å². The molecule has 1 aliphatic heterocycles. The van der Waals surface area contributed by atoms with Crippen LogP contribution in [-0.2, 0) is 4.79 Å². The zero-order valence-electron chi connectivity index (χ0n) is 13.7. The molecule has 0 aliphatic carbocycles. The molecule has 2 rings (SSSR count). The van der Waals surface area contributed by atoms with E-state index in [1.165, 1.54) is 0 Å². The number of amides is 2. The highest BCUT2D eigenvalue weighted by Crippen LogP contribution is 2.11. The van der Waals surface area contributed by atoms with Crippen molar-refractivity contribution >= 4 is 11.8 Å². The van der Waals surface area contributed by atoms with Crippen LogP contribution >= 0.6 is 0 Å². The Morgan fingerprint density at radius 1 is 1.33 bits per heavy atom. The highest BCUT2D eigenvalue weighted by atomic mass is 19.1. The third-order valence-corrected chi connectivity index (χ3v) is 4.22. The first kappa shape index (κ1) is 18.3. The minimum atomic E-state index is -0.899. The molecule has 1 saturated heterocycles. The number of nitrogens with one attached hydrogen (secondary N) is 3. The Kier molecular flexibility index (Phi) is 6.66. The van der Waals surface area contributed by atoms with E-state index in [0.717, 1.165) is 31.6 Å². The van der Waals surface area contributed by atoms with Crippen LogP contribution in [0.15, 0.2) is 18.2 Å². The van der Waals surface area contributed by atoms with Crippen molar-refractivity contribution in [2.24, 2.45) is 5.92 Å². The van der Waals surface area contributed by atoms with Crippen LogP contribution in [0.5, 0.6) is 0 Å². The molecule has 0 bridgehead atoms. The van der Waals surface area contributed by atoms with Gasteiger partial charge in [0, 0.05) is 31.6 Å². The van der Waals surface area contributed by atoms with Crippen molar-refractivity contribution in [3.05, 3.63) is 35.4 Å². The predicted molar refractivity (Wildman–Crippen MR) is 86.5 cm³/mol. The molecule has 24 heavy (non-hydrogen) atoms. The number of hydrogen-bond acceptors (Lipinski definition) is 3. The Balaban J connectivity index is 1.68. The van der Waals surface area contributed by atoms with E-state index in [-0.39, 0.29) is 30.5 Å². The van der Waals surface area contributed by atoms with Crippen LogP contribution < -0.4 is 16.0 Å². The van der Waals surface area contributed by atoms with Gasteiger partial charge >= 0.3 is 0 Å². The number of hydrogen-bond donors (Lipinski definition) is 3. The highest BCUT2D eigenvalue weighted by molar-refractivity contribution is 5.94. The summed E-state index contributed by atoms with van der Waals surface area (Å²) in [6.07, 6.45) is 1.77. The quantitative estimate of drug-likeness (QED) is 0.690. The fourth-order valence-electron chi connectivity index (χ4n) is 2.68. The van der Waals surface area contributed by atoms with Gasteiger partial charge in [0.2, 0.25) is 5.91 Å². The van der Waals surface area contributed by atoms with Crippen molar-refractivity contribution in [3.8, 4) is 0 Å². The Bertz CT molecular complexity index is 595. The lowest BCUT2D eigenvalue weighted by molar-refractivity contribution is -0.122. The summed E-state index contributed by atoms with van der Waals surface area (Å²) in [6, 6.07) is 2.94. The number of benzene rings is 1. The maximum atomic E-state index is 13.5. The number of piperidine rings is 1. The summed E-state index contributed by atoms with van der Waals surface area (Å²) in [5.41, 5.74) is -0.206. The van der Waals surface area contributed by atoms with E-state index < -0.39 is 17.5 Å². The van der Waals surface area contributed by atoms with Gasteiger partial charge in [0.15, 0.2) is 0 Å². The maximum Gasteiger partial charge on any atom is 0.254 e. The third kappa shape index (κ3) is 5.26. The van der Waals surface area contributed by atoms with Crippen molar-refractivity contribution in [3.63, 3.8) is 0 Å². The second-order valence-corrected chi connectivity index (χ2v) is 6.13. The number of carbonyl (C=O) groups excluding carboxylic acids is 2. The summed E-state index contributed by atoms with van der Waals surface area (Å²) in [7, 11) is 0. The van der Waals surface area contributed by atoms with Crippen LogP contribution in [0.2, 0.25) is 0 Å². The molecule has 1 aliphatic rings. The van der Waals surface area contributed by atoms with Crippen LogP contribution in [0.25, 0.3) is 0 Å². The SMILES string of the molecule is CC1CCNCC1NC(=O)CCCNC(=O)c1ccc(F)cc1F. The predicted octanol–water partition coefficient (Wildman–Crippen LogP) is 1.59. The van der Waals surface area contributed by atoms with Crippen molar-refractivity contribution < 1.29 is 18.4 Å². The Morgan fingerprint density at radius 3 is 2.83 bits per heavy atom. The Labute approximate surface area is 140 Å². The molecule has 0 spiro atoms. The van der Waals surface area contributed by atoms with Crippen LogP contribution in [0.1, 0.15) is 36.5 Å². The molecule has 132 valence electrons. The molecule has 0 saturated carbocycles. The average Bonchev–Trinajstić information content (AvgIpc) is 2.53. The van der Waals surface area contributed by atoms with Crippen LogP contribution in [-0.4, -0.2) is 37.5 Å². The smallest absolute Gasteiger partial charge is 0.254 e. The monoisotopic (exact) mass is 339 g/mol. The van der Waals surface area contributed by atoms with Gasteiger partial charge in [-0.1, -0.05) is 6.92 Å². The molecule has 7 heteroatoms. The molecule has 0 radical (unpaired) electrons. The largest absolute Gasteiger partial charge is 0.352 e. The zero-order valence-corrected chi connectivity index (χ0v) is 13.7. The molecular weight excluding hydrogens is 316 g/mol. The van der Waals surface area contributed by atoms with Gasteiger partial charge in [0.1, 0.15) is 11.6 Å². The molecular formula is C17H23F2N3O2. The van der Waals surface area contributed by atoms with E-state index in [2.05, 4.69) is 22.9 Å². The summed E-state index contributed by atoms with van der Waals surface area (Å²) < 4.78 is 26.3. The van der Waals surface area contributed by atoms with E-state index >= 15 is 0 Å². The highest BCUT2D eigenvalue weighted by Gasteiger charge is 2.22. The summed E-state index contributed by atoms with van der Waals surface area (Å²) in [4.78, 5) is 23.7. The number of halogens is 2. The second-order valence-electron chi connectivity index (χ2n) is 6.13. The lowest BCUT2D eigenvalue weighted by Gasteiger charge is -2.30. The zero-order chi connectivity index (χ0) is 17.5. The van der Waals surface area contributed by atoms with E-state index in [1.54, 1.807) is 0 Å². The van der Waals surface area contributed by atoms with Crippen molar-refractivity contribution in [1.82, 2.24) is 16.0 Å². The molecule has 1 fully saturated rings. The summed E-state index contributed by atoms with van der Waals surface area (Å²) in [5.74, 6) is -1.86. The molecule has 2 amide bonds. The number of carbonyl (C=O) groups is 2. The van der Waals surface area contributed by atoms with Crippen LogP contribution in [0.4, 0.5) is 8.78 Å². The molecule has 2 unspecified atom stereocenters. The summed E-state index contributed by atoms with van der Waals surface area (Å²) in [6.45, 7) is 4.11. The average molecular weight is 339 g/mol. The van der Waals surface area contributed by atoms with Gasteiger partial charge in [0.05, 0.1) is 5.56 Å². The Morgan fingerprint density at radius 2 is 2.12 bits per heavy atom. The fraction of sp³-hybridized carbons (Fsp3) is 0.529. The first-order valence-electron chi connectivity index (χ1n) is 8.20. The molecule has 2 atom stereocenters. The normalized spacial score (nSPS) is 20.5. The first-order valence-corrected chi connectivity index (χ1v) is 8.20. The van der Waals surface area contributed by atoms with Crippen molar-refractivity contribution in [2.45, 2.75) is 32.2 Å². The standard InChI is InChI=1S/C17H23F2N3O2/c1-11-6-8-20-10-15(11)22-16(23)3-2-7-21-17(24)13-5-4-12(18)9-14(13)19/h4-5,9,11,15,20H,2-3,6-8,10H2,1H3,(H,21,24)(H,22,23). The Hall–Kier alpha value is -2.02. The summed E-state index contributed by atoms with van der Waals surface area (Å²) in [5, 5.41) is 8.77. The molecule has 3 N–H and O–H groups in total. The molecule has 1 aromatic rings. The molecule has 5 nitrogen and oxygen atoms in total. The van der Waals surface area contributed by atoms with Gasteiger partial charge in [0.25, 0.3) is 5.91 Å². The van der Waals surface area contributed by atoms with Crippen molar-refractivity contribution in [1.29, 1.82) is 0 Å². The van der Waals surface area contributed by atoms with Gasteiger partial charge in [-0.3, -0.25) is 9.59 Å². The lowest BCUT2D eigenvalue weighted by atomic mass is 9.95. The van der Waals surface area contributed by atoms with Gasteiger partial charge in [-0.05, 0) is 37.4 Å². The maximum absolute atomic E-state index is 13.5. The number of rotatable bonds is 6. The third-order valence-electron chi connectivity index (χ3n) is 4.22. The van der Waals surface area contributed by atoms with Gasteiger partial charge in [-0.15, -0.1) is 0 Å². The summed E-state index contributed by atoms with van der Waals surface area (Å²) >= 11 is 0. The molecule has 1 heterocycles. The van der Waals surface area contributed by atoms with Gasteiger partial charge in [-0.25, -0.2) is 8.78 Å². The first-order chi connectivity index (χ1) is 11.5. The minimum absolute atomic E-state index is 0.0576. The topological polar surface area (TPSA) is 70.2 Å². The fourth-order valence-corrected chi connectivity index (χ4v) is 2.68.